The van der Waals surface area contributed by atoms with Crippen LogP contribution in [0, 0.1) is 6.92 Å². The van der Waals surface area contributed by atoms with Crippen LogP contribution in [0.25, 0.3) is 0 Å². The van der Waals surface area contributed by atoms with E-state index in [0.29, 0.717) is 12.0 Å². The molecule has 1 amide bonds. The Hall–Kier alpha value is -0.970. The molecule has 88 valence electrons. The molecule has 0 aliphatic rings. The van der Waals surface area contributed by atoms with Crippen molar-refractivity contribution in [3.05, 3.63) is 23.0 Å². The van der Waals surface area contributed by atoms with Crippen LogP contribution in [0.2, 0.25) is 0 Å². The van der Waals surface area contributed by atoms with Crippen LogP contribution < -0.4 is 5.32 Å². The van der Waals surface area contributed by atoms with E-state index < -0.39 is 0 Å². The first-order chi connectivity index (χ1) is 7.58. The lowest BCUT2D eigenvalue weighted by Gasteiger charge is -2.12. The minimum atomic E-state index is -0.0817. The molecule has 0 bridgehead atoms. The lowest BCUT2D eigenvalue weighted by molar-refractivity contribution is 0.0942. The highest BCUT2D eigenvalue weighted by atomic mass is 79.9. The largest absolute Gasteiger partial charge is 0.349 e. The van der Waals surface area contributed by atoms with Gasteiger partial charge in [0.1, 0.15) is 0 Å². The third-order valence-corrected chi connectivity index (χ3v) is 3.15. The fourth-order valence-corrected chi connectivity index (χ4v) is 1.47. The molecular formula is C11H16BrN3O. The van der Waals surface area contributed by atoms with Gasteiger partial charge in [-0.3, -0.25) is 4.79 Å². The molecule has 0 spiro atoms. The van der Waals surface area contributed by atoms with Crippen molar-refractivity contribution >= 4 is 21.8 Å². The van der Waals surface area contributed by atoms with Crippen LogP contribution in [-0.4, -0.2) is 27.5 Å². The van der Waals surface area contributed by atoms with Crippen LogP contribution in [0.5, 0.6) is 0 Å². The van der Waals surface area contributed by atoms with Crippen LogP contribution in [-0.2, 0) is 6.42 Å². The van der Waals surface area contributed by atoms with E-state index in [2.05, 4.69) is 31.4 Å². The number of hydrogen-bond donors (Lipinski definition) is 1. The summed E-state index contributed by atoms with van der Waals surface area (Å²) in [6, 6.07) is 1.88. The number of nitrogens with zero attached hydrogens (tertiary/aromatic N) is 2. The number of carbonyl (C=O) groups is 1. The highest BCUT2D eigenvalue weighted by molar-refractivity contribution is 9.09. The molecule has 0 aromatic carbocycles. The SMILES string of the molecule is CCc1nnc(C)cc1C(=O)NC(C)CBr. The van der Waals surface area contributed by atoms with Gasteiger partial charge >= 0.3 is 0 Å². The number of rotatable bonds is 4. The predicted molar refractivity (Wildman–Crippen MR) is 66.9 cm³/mol. The summed E-state index contributed by atoms with van der Waals surface area (Å²) in [6.07, 6.45) is 0.707. The molecule has 1 unspecified atom stereocenters. The van der Waals surface area contributed by atoms with Crippen LogP contribution >= 0.6 is 15.9 Å². The van der Waals surface area contributed by atoms with E-state index in [1.807, 2.05) is 20.8 Å². The molecule has 0 saturated heterocycles. The second kappa shape index (κ2) is 5.94. The average Bonchev–Trinajstić information content (AvgIpc) is 2.28. The van der Waals surface area contributed by atoms with E-state index in [1.54, 1.807) is 6.07 Å². The van der Waals surface area contributed by atoms with E-state index in [0.717, 1.165) is 16.7 Å². The van der Waals surface area contributed by atoms with Gasteiger partial charge in [0.15, 0.2) is 0 Å². The Kier molecular flexibility index (Phi) is 4.86. The van der Waals surface area contributed by atoms with Crippen molar-refractivity contribution in [2.24, 2.45) is 0 Å². The van der Waals surface area contributed by atoms with Crippen LogP contribution in [0.15, 0.2) is 6.07 Å². The third-order valence-electron chi connectivity index (χ3n) is 2.18. The Labute approximate surface area is 104 Å². The van der Waals surface area contributed by atoms with Crippen molar-refractivity contribution in [3.63, 3.8) is 0 Å². The molecule has 1 N–H and O–H groups in total. The molecule has 1 rings (SSSR count). The fraction of sp³-hybridized carbons (Fsp3) is 0.545. The first-order valence-corrected chi connectivity index (χ1v) is 6.40. The number of aryl methyl sites for hydroxylation is 2. The van der Waals surface area contributed by atoms with Gasteiger partial charge in [-0.15, -0.1) is 0 Å². The maximum absolute atomic E-state index is 11.9. The molecule has 0 fully saturated rings. The van der Waals surface area contributed by atoms with E-state index in [1.165, 1.54) is 0 Å². The number of alkyl halides is 1. The Balaban J connectivity index is 2.93. The van der Waals surface area contributed by atoms with Crippen LogP contribution in [0.1, 0.15) is 35.6 Å². The number of halogens is 1. The first kappa shape index (κ1) is 13.1. The summed E-state index contributed by atoms with van der Waals surface area (Å²) in [5.41, 5.74) is 2.13. The van der Waals surface area contributed by atoms with Crippen molar-refractivity contribution in [3.8, 4) is 0 Å². The van der Waals surface area contributed by atoms with Gasteiger partial charge in [-0.25, -0.2) is 0 Å². The number of aromatic nitrogens is 2. The highest BCUT2D eigenvalue weighted by Crippen LogP contribution is 2.08. The number of nitrogens with one attached hydrogen (secondary N) is 1. The minimum Gasteiger partial charge on any atom is -0.349 e. The molecule has 1 aromatic rings. The van der Waals surface area contributed by atoms with Crippen molar-refractivity contribution in [2.75, 3.05) is 5.33 Å². The summed E-state index contributed by atoms with van der Waals surface area (Å²) in [7, 11) is 0. The summed E-state index contributed by atoms with van der Waals surface area (Å²) in [4.78, 5) is 11.9. The molecule has 5 heteroatoms. The maximum Gasteiger partial charge on any atom is 0.253 e. The van der Waals surface area contributed by atoms with Gasteiger partial charge in [-0.1, -0.05) is 22.9 Å². The van der Waals surface area contributed by atoms with Crippen LogP contribution in [0.3, 0.4) is 0 Å². The molecule has 1 heterocycles. The normalized spacial score (nSPS) is 12.2. The summed E-state index contributed by atoms with van der Waals surface area (Å²) in [5.74, 6) is -0.0817. The van der Waals surface area contributed by atoms with Gasteiger partial charge < -0.3 is 5.32 Å². The Morgan fingerprint density at radius 1 is 1.56 bits per heavy atom. The Bertz CT molecular complexity index is 381. The molecule has 0 saturated carbocycles. The van der Waals surface area contributed by atoms with Gasteiger partial charge in [-0.2, -0.15) is 10.2 Å². The van der Waals surface area contributed by atoms with Gasteiger partial charge in [0.2, 0.25) is 0 Å². The van der Waals surface area contributed by atoms with Crippen LogP contribution in [0.4, 0.5) is 0 Å². The first-order valence-electron chi connectivity index (χ1n) is 5.28. The van der Waals surface area contributed by atoms with Gasteiger partial charge in [-0.05, 0) is 26.3 Å². The van der Waals surface area contributed by atoms with Crippen molar-refractivity contribution in [2.45, 2.75) is 33.2 Å². The quantitative estimate of drug-likeness (QED) is 0.860. The summed E-state index contributed by atoms with van der Waals surface area (Å²) in [6.45, 7) is 5.74. The van der Waals surface area contributed by atoms with Crippen molar-refractivity contribution in [1.82, 2.24) is 15.5 Å². The van der Waals surface area contributed by atoms with E-state index in [9.17, 15) is 4.79 Å². The second-order valence-electron chi connectivity index (χ2n) is 3.73. The molecule has 4 nitrogen and oxygen atoms in total. The lowest BCUT2D eigenvalue weighted by atomic mass is 10.1. The summed E-state index contributed by atoms with van der Waals surface area (Å²) < 4.78 is 0. The monoisotopic (exact) mass is 285 g/mol. The summed E-state index contributed by atoms with van der Waals surface area (Å²) >= 11 is 3.32. The van der Waals surface area contributed by atoms with E-state index >= 15 is 0 Å². The van der Waals surface area contributed by atoms with Crippen molar-refractivity contribution < 1.29 is 4.79 Å². The molecule has 0 aliphatic carbocycles. The molecule has 1 aromatic heterocycles. The molecule has 0 radical (unpaired) electrons. The third kappa shape index (κ3) is 3.27. The number of amides is 1. The molecule has 1 atom stereocenters. The lowest BCUT2D eigenvalue weighted by Crippen LogP contribution is -2.34. The summed E-state index contributed by atoms with van der Waals surface area (Å²) in [5, 5.41) is 11.6. The van der Waals surface area contributed by atoms with Crippen molar-refractivity contribution in [1.29, 1.82) is 0 Å². The number of hydrogen-bond acceptors (Lipinski definition) is 3. The zero-order chi connectivity index (χ0) is 12.1. The standard InChI is InChI=1S/C11H16BrN3O/c1-4-10-9(5-7(2)14-15-10)11(16)13-8(3)6-12/h5,8H,4,6H2,1-3H3,(H,13,16). The fourth-order valence-electron chi connectivity index (χ4n) is 1.31. The van der Waals surface area contributed by atoms with Gasteiger partial charge in [0.25, 0.3) is 5.91 Å². The Morgan fingerprint density at radius 3 is 2.81 bits per heavy atom. The Morgan fingerprint density at radius 2 is 2.25 bits per heavy atom. The zero-order valence-electron chi connectivity index (χ0n) is 9.75. The minimum absolute atomic E-state index is 0.0817. The topological polar surface area (TPSA) is 54.9 Å². The van der Waals surface area contributed by atoms with Gasteiger partial charge in [0.05, 0.1) is 17.0 Å². The van der Waals surface area contributed by atoms with E-state index in [4.69, 9.17) is 0 Å². The smallest absolute Gasteiger partial charge is 0.253 e. The average molecular weight is 286 g/mol. The number of carbonyl (C=O) groups excluding carboxylic acids is 1. The maximum atomic E-state index is 11.9. The highest BCUT2D eigenvalue weighted by Gasteiger charge is 2.14. The molecule has 0 aliphatic heterocycles. The zero-order valence-corrected chi connectivity index (χ0v) is 11.3. The van der Waals surface area contributed by atoms with E-state index in [-0.39, 0.29) is 11.9 Å². The molecule has 16 heavy (non-hydrogen) atoms. The predicted octanol–water partition coefficient (Wildman–Crippen LogP) is 1.86. The second-order valence-corrected chi connectivity index (χ2v) is 4.38. The van der Waals surface area contributed by atoms with Gasteiger partial charge in [0, 0.05) is 11.4 Å². The molecular weight excluding hydrogens is 270 g/mol.